The van der Waals surface area contributed by atoms with Gasteiger partial charge in [-0.05, 0) is 19.1 Å². The molecule has 0 aliphatic carbocycles. The van der Waals surface area contributed by atoms with E-state index in [0.29, 0.717) is 0 Å². The molecule has 0 heterocycles. The standard InChI is InChI=1S/C10H10F2O3/c1-3-15-10(13)6-4-5-7(14-2)9(12)8(6)11/h4-5H,3H2,1-2H3. The first kappa shape index (κ1) is 11.4. The summed E-state index contributed by atoms with van der Waals surface area (Å²) in [5, 5.41) is 0. The Morgan fingerprint density at radius 3 is 2.53 bits per heavy atom. The molecular formula is C10H10F2O3. The van der Waals surface area contributed by atoms with Crippen molar-refractivity contribution in [2.45, 2.75) is 6.92 Å². The summed E-state index contributed by atoms with van der Waals surface area (Å²) < 4.78 is 35.5. The number of benzene rings is 1. The lowest BCUT2D eigenvalue weighted by atomic mass is 10.2. The van der Waals surface area contributed by atoms with Gasteiger partial charge < -0.3 is 9.47 Å². The maximum absolute atomic E-state index is 13.3. The van der Waals surface area contributed by atoms with Crippen LogP contribution in [0.3, 0.4) is 0 Å². The molecule has 0 unspecified atom stereocenters. The zero-order valence-electron chi connectivity index (χ0n) is 8.34. The number of hydrogen-bond donors (Lipinski definition) is 0. The summed E-state index contributed by atoms with van der Waals surface area (Å²) in [5.74, 6) is -3.59. The summed E-state index contributed by atoms with van der Waals surface area (Å²) in [7, 11) is 1.21. The highest BCUT2D eigenvalue weighted by atomic mass is 19.2. The van der Waals surface area contributed by atoms with Crippen LogP contribution in [-0.2, 0) is 4.74 Å². The molecule has 0 aromatic heterocycles. The van der Waals surface area contributed by atoms with Crippen molar-refractivity contribution in [3.05, 3.63) is 29.3 Å². The lowest BCUT2D eigenvalue weighted by Crippen LogP contribution is -2.09. The minimum Gasteiger partial charge on any atom is -0.494 e. The van der Waals surface area contributed by atoms with Crippen molar-refractivity contribution in [2.24, 2.45) is 0 Å². The van der Waals surface area contributed by atoms with Crippen LogP contribution in [-0.4, -0.2) is 19.7 Å². The molecule has 0 fully saturated rings. The molecule has 1 aromatic rings. The van der Waals surface area contributed by atoms with Crippen LogP contribution in [0.25, 0.3) is 0 Å². The Morgan fingerprint density at radius 1 is 1.33 bits per heavy atom. The van der Waals surface area contributed by atoms with Gasteiger partial charge >= 0.3 is 5.97 Å². The fourth-order valence-corrected chi connectivity index (χ4v) is 1.06. The number of rotatable bonds is 3. The Bertz CT molecular complexity index is 377. The number of ether oxygens (including phenoxy) is 2. The van der Waals surface area contributed by atoms with Crippen molar-refractivity contribution in [3.63, 3.8) is 0 Å². The van der Waals surface area contributed by atoms with Gasteiger partial charge in [-0.25, -0.2) is 9.18 Å². The summed E-state index contributed by atoms with van der Waals surface area (Å²) in [6.45, 7) is 1.68. The van der Waals surface area contributed by atoms with E-state index in [4.69, 9.17) is 0 Å². The lowest BCUT2D eigenvalue weighted by Gasteiger charge is -2.06. The smallest absolute Gasteiger partial charge is 0.341 e. The SMILES string of the molecule is CCOC(=O)c1ccc(OC)c(F)c1F. The number of esters is 1. The fourth-order valence-electron chi connectivity index (χ4n) is 1.06. The van der Waals surface area contributed by atoms with E-state index in [1.165, 1.54) is 13.2 Å². The molecule has 0 amide bonds. The molecule has 0 N–H and O–H groups in total. The Labute approximate surface area is 85.6 Å². The molecule has 0 radical (unpaired) electrons. The minimum absolute atomic E-state index is 0.103. The van der Waals surface area contributed by atoms with Crippen LogP contribution in [0.1, 0.15) is 17.3 Å². The third-order valence-electron chi connectivity index (χ3n) is 1.76. The average Bonchev–Trinajstić information content (AvgIpc) is 2.22. The maximum Gasteiger partial charge on any atom is 0.341 e. The highest BCUT2D eigenvalue weighted by Gasteiger charge is 2.19. The van der Waals surface area contributed by atoms with E-state index in [1.54, 1.807) is 6.92 Å². The second kappa shape index (κ2) is 4.72. The van der Waals surface area contributed by atoms with Gasteiger partial charge in [-0.15, -0.1) is 0 Å². The molecule has 0 saturated heterocycles. The molecule has 0 aliphatic heterocycles. The van der Waals surface area contributed by atoms with E-state index in [1.807, 2.05) is 0 Å². The van der Waals surface area contributed by atoms with Crippen LogP contribution in [0, 0.1) is 11.6 Å². The van der Waals surface area contributed by atoms with Crippen LogP contribution < -0.4 is 4.74 Å². The molecular weight excluding hydrogens is 206 g/mol. The van der Waals surface area contributed by atoms with Crippen molar-refractivity contribution >= 4 is 5.97 Å². The van der Waals surface area contributed by atoms with E-state index in [0.717, 1.165) is 6.07 Å². The van der Waals surface area contributed by atoms with Gasteiger partial charge in [0.05, 0.1) is 19.3 Å². The van der Waals surface area contributed by atoms with Crippen molar-refractivity contribution < 1.29 is 23.0 Å². The van der Waals surface area contributed by atoms with Crippen molar-refractivity contribution in [3.8, 4) is 5.75 Å². The Hall–Kier alpha value is -1.65. The number of methoxy groups -OCH3 is 1. The quantitative estimate of drug-likeness (QED) is 0.726. The van der Waals surface area contributed by atoms with Crippen LogP contribution >= 0.6 is 0 Å². The highest BCUT2D eigenvalue weighted by Crippen LogP contribution is 2.22. The topological polar surface area (TPSA) is 35.5 Å². The Kier molecular flexibility index (Phi) is 3.60. The van der Waals surface area contributed by atoms with Crippen molar-refractivity contribution in [2.75, 3.05) is 13.7 Å². The zero-order chi connectivity index (χ0) is 11.4. The van der Waals surface area contributed by atoms with E-state index >= 15 is 0 Å². The van der Waals surface area contributed by atoms with Gasteiger partial charge in [-0.3, -0.25) is 0 Å². The molecule has 1 rings (SSSR count). The molecule has 5 heteroatoms. The molecule has 0 aliphatic rings. The first-order valence-electron chi connectivity index (χ1n) is 4.31. The van der Waals surface area contributed by atoms with E-state index < -0.39 is 23.2 Å². The monoisotopic (exact) mass is 216 g/mol. The number of carbonyl (C=O) groups excluding carboxylic acids is 1. The van der Waals surface area contributed by atoms with Gasteiger partial charge in [0, 0.05) is 0 Å². The van der Waals surface area contributed by atoms with Crippen LogP contribution in [0.15, 0.2) is 12.1 Å². The van der Waals surface area contributed by atoms with Crippen LogP contribution in [0.4, 0.5) is 8.78 Å². The van der Waals surface area contributed by atoms with E-state index in [2.05, 4.69) is 9.47 Å². The van der Waals surface area contributed by atoms with E-state index in [-0.39, 0.29) is 12.4 Å². The molecule has 0 spiro atoms. The molecule has 1 aromatic carbocycles. The molecule has 0 saturated carbocycles. The first-order chi connectivity index (χ1) is 7.11. The second-order valence-corrected chi connectivity index (χ2v) is 2.66. The molecule has 82 valence electrons. The predicted molar refractivity (Wildman–Crippen MR) is 48.9 cm³/mol. The third-order valence-corrected chi connectivity index (χ3v) is 1.76. The number of carbonyl (C=O) groups is 1. The molecule has 0 atom stereocenters. The largest absolute Gasteiger partial charge is 0.494 e. The van der Waals surface area contributed by atoms with Gasteiger partial charge in [0.25, 0.3) is 0 Å². The van der Waals surface area contributed by atoms with E-state index in [9.17, 15) is 13.6 Å². The van der Waals surface area contributed by atoms with Crippen LogP contribution in [0.2, 0.25) is 0 Å². The maximum atomic E-state index is 13.3. The minimum atomic E-state index is -1.26. The van der Waals surface area contributed by atoms with Crippen molar-refractivity contribution in [1.82, 2.24) is 0 Å². The second-order valence-electron chi connectivity index (χ2n) is 2.66. The van der Waals surface area contributed by atoms with Gasteiger partial charge in [0.2, 0.25) is 5.82 Å². The summed E-state index contributed by atoms with van der Waals surface area (Å²) in [6.07, 6.45) is 0. The van der Waals surface area contributed by atoms with Gasteiger partial charge in [0.1, 0.15) is 0 Å². The fraction of sp³-hybridized carbons (Fsp3) is 0.300. The van der Waals surface area contributed by atoms with Crippen LogP contribution in [0.5, 0.6) is 5.75 Å². The number of hydrogen-bond acceptors (Lipinski definition) is 3. The average molecular weight is 216 g/mol. The Balaban J connectivity index is 3.11. The summed E-state index contributed by atoms with van der Waals surface area (Å²) in [6, 6.07) is 2.29. The predicted octanol–water partition coefficient (Wildman–Crippen LogP) is 2.15. The first-order valence-corrected chi connectivity index (χ1v) is 4.31. The third kappa shape index (κ3) is 2.23. The Morgan fingerprint density at radius 2 is 2.00 bits per heavy atom. The summed E-state index contributed by atoms with van der Waals surface area (Å²) in [4.78, 5) is 11.1. The van der Waals surface area contributed by atoms with Gasteiger partial charge in [-0.2, -0.15) is 4.39 Å². The summed E-state index contributed by atoms with van der Waals surface area (Å²) >= 11 is 0. The van der Waals surface area contributed by atoms with Crippen molar-refractivity contribution in [1.29, 1.82) is 0 Å². The lowest BCUT2D eigenvalue weighted by molar-refractivity contribution is 0.0519. The molecule has 3 nitrogen and oxygen atoms in total. The zero-order valence-corrected chi connectivity index (χ0v) is 8.34. The number of halogens is 2. The van der Waals surface area contributed by atoms with Gasteiger partial charge in [0.15, 0.2) is 11.6 Å². The normalized spacial score (nSPS) is 9.87. The highest BCUT2D eigenvalue weighted by molar-refractivity contribution is 5.89. The summed E-state index contributed by atoms with van der Waals surface area (Å²) in [5.41, 5.74) is -0.435. The molecule has 0 bridgehead atoms. The molecule has 15 heavy (non-hydrogen) atoms. The van der Waals surface area contributed by atoms with Gasteiger partial charge in [-0.1, -0.05) is 0 Å².